The summed E-state index contributed by atoms with van der Waals surface area (Å²) < 4.78 is 0.756. The van der Waals surface area contributed by atoms with Crippen LogP contribution >= 0.6 is 0 Å². The Kier molecular flexibility index (Phi) is 3.81. The fourth-order valence-corrected chi connectivity index (χ4v) is 2.15. The van der Waals surface area contributed by atoms with Gasteiger partial charge >= 0.3 is 0 Å². The standard InChI is InChI=1S/C17H29NO/c1-16(2,3)13-10-12(18(7,8)9)11-14(15(13)19)17(4,5)6/h10-11H,1-9H3/p+1. The van der Waals surface area contributed by atoms with E-state index < -0.39 is 0 Å². The van der Waals surface area contributed by atoms with Crippen LogP contribution in [0, 0.1) is 0 Å². The molecular formula is C17H30NO+. The molecule has 2 heteroatoms. The van der Waals surface area contributed by atoms with Crippen molar-refractivity contribution in [1.29, 1.82) is 0 Å². The van der Waals surface area contributed by atoms with E-state index in [4.69, 9.17) is 0 Å². The summed E-state index contributed by atoms with van der Waals surface area (Å²) in [7, 11) is 6.47. The summed E-state index contributed by atoms with van der Waals surface area (Å²) in [6.07, 6.45) is 0. The van der Waals surface area contributed by atoms with Crippen molar-refractivity contribution < 1.29 is 5.11 Å². The molecule has 19 heavy (non-hydrogen) atoms. The quantitative estimate of drug-likeness (QED) is 0.754. The lowest BCUT2D eigenvalue weighted by Gasteiger charge is -2.31. The van der Waals surface area contributed by atoms with Gasteiger partial charge in [-0.3, -0.25) is 4.48 Å². The third-order valence-electron chi connectivity index (χ3n) is 3.49. The zero-order valence-electron chi connectivity index (χ0n) is 14.0. The Morgan fingerprint density at radius 3 is 1.32 bits per heavy atom. The van der Waals surface area contributed by atoms with E-state index in [0.29, 0.717) is 5.75 Å². The van der Waals surface area contributed by atoms with Crippen LogP contribution in [-0.4, -0.2) is 26.2 Å². The highest BCUT2D eigenvalue weighted by Gasteiger charge is 2.29. The van der Waals surface area contributed by atoms with E-state index in [-0.39, 0.29) is 10.8 Å². The second-order valence-corrected chi connectivity index (χ2v) is 8.40. The number of aromatic hydroxyl groups is 1. The third kappa shape index (κ3) is 3.50. The molecule has 0 aliphatic heterocycles. The smallest absolute Gasteiger partial charge is 0.133 e. The molecular weight excluding hydrogens is 234 g/mol. The SMILES string of the molecule is CC(C)(C)c1cc([N+](C)(C)C)cc(C(C)(C)C)c1O. The molecule has 1 N–H and O–H groups in total. The molecule has 0 atom stereocenters. The summed E-state index contributed by atoms with van der Waals surface area (Å²) in [4.78, 5) is 0. The van der Waals surface area contributed by atoms with E-state index in [1.807, 2.05) is 0 Å². The maximum atomic E-state index is 10.6. The second kappa shape index (κ2) is 4.52. The van der Waals surface area contributed by atoms with Crippen molar-refractivity contribution in [2.75, 3.05) is 21.1 Å². The van der Waals surface area contributed by atoms with Gasteiger partial charge in [-0.1, -0.05) is 41.5 Å². The normalized spacial score (nSPS) is 13.7. The van der Waals surface area contributed by atoms with Crippen LogP contribution < -0.4 is 4.48 Å². The number of hydrogen-bond donors (Lipinski definition) is 1. The minimum Gasteiger partial charge on any atom is -0.507 e. The van der Waals surface area contributed by atoms with Crippen LogP contribution in [-0.2, 0) is 10.8 Å². The molecule has 0 saturated carbocycles. The van der Waals surface area contributed by atoms with E-state index in [9.17, 15) is 5.11 Å². The predicted octanol–water partition coefficient (Wildman–Crippen LogP) is 4.18. The lowest BCUT2D eigenvalue weighted by atomic mass is 9.79. The molecule has 108 valence electrons. The highest BCUT2D eigenvalue weighted by atomic mass is 16.3. The molecule has 0 heterocycles. The molecule has 0 amide bonds. The number of benzene rings is 1. The first-order valence-corrected chi connectivity index (χ1v) is 6.94. The van der Waals surface area contributed by atoms with Crippen molar-refractivity contribution in [3.8, 4) is 5.75 Å². The number of hydrogen-bond acceptors (Lipinski definition) is 1. The molecule has 0 unspecified atom stereocenters. The maximum absolute atomic E-state index is 10.6. The summed E-state index contributed by atoms with van der Waals surface area (Å²) in [6, 6.07) is 4.29. The van der Waals surface area contributed by atoms with Crippen molar-refractivity contribution in [1.82, 2.24) is 4.48 Å². The Labute approximate surface area is 118 Å². The van der Waals surface area contributed by atoms with E-state index in [2.05, 4.69) is 74.8 Å². The molecule has 0 aromatic heterocycles. The van der Waals surface area contributed by atoms with E-state index in [1.54, 1.807) is 0 Å². The Morgan fingerprint density at radius 2 is 1.11 bits per heavy atom. The van der Waals surface area contributed by atoms with Crippen molar-refractivity contribution in [2.45, 2.75) is 52.4 Å². The lowest BCUT2D eigenvalue weighted by molar-refractivity contribution is 0.418. The van der Waals surface area contributed by atoms with Crippen LogP contribution in [0.4, 0.5) is 5.69 Å². The molecule has 0 radical (unpaired) electrons. The number of phenolic OH excluding ortho intramolecular Hbond substituents is 1. The first-order valence-electron chi connectivity index (χ1n) is 6.94. The summed E-state index contributed by atoms with van der Waals surface area (Å²) >= 11 is 0. The fourth-order valence-electron chi connectivity index (χ4n) is 2.15. The predicted molar refractivity (Wildman–Crippen MR) is 85.1 cm³/mol. The van der Waals surface area contributed by atoms with Gasteiger partial charge in [0.15, 0.2) is 0 Å². The Hall–Kier alpha value is -1.02. The van der Waals surface area contributed by atoms with Gasteiger partial charge in [-0.2, -0.15) is 0 Å². The van der Waals surface area contributed by atoms with Gasteiger partial charge in [0.25, 0.3) is 0 Å². The van der Waals surface area contributed by atoms with Crippen LogP contribution in [0.25, 0.3) is 0 Å². The molecule has 0 fully saturated rings. The van der Waals surface area contributed by atoms with Crippen LogP contribution in [0.5, 0.6) is 5.75 Å². The van der Waals surface area contributed by atoms with Crippen LogP contribution in [0.2, 0.25) is 0 Å². The largest absolute Gasteiger partial charge is 0.507 e. The molecule has 0 bridgehead atoms. The van der Waals surface area contributed by atoms with Crippen molar-refractivity contribution in [3.63, 3.8) is 0 Å². The molecule has 1 aromatic carbocycles. The van der Waals surface area contributed by atoms with E-state index in [0.717, 1.165) is 15.6 Å². The van der Waals surface area contributed by atoms with Crippen LogP contribution in [0.15, 0.2) is 12.1 Å². The minimum absolute atomic E-state index is 0.0603. The third-order valence-corrected chi connectivity index (χ3v) is 3.49. The average Bonchev–Trinajstić information content (AvgIpc) is 2.11. The van der Waals surface area contributed by atoms with E-state index in [1.165, 1.54) is 5.69 Å². The minimum atomic E-state index is -0.0603. The molecule has 0 aliphatic carbocycles. The molecule has 0 aliphatic rings. The maximum Gasteiger partial charge on any atom is 0.133 e. The van der Waals surface area contributed by atoms with E-state index >= 15 is 0 Å². The summed E-state index contributed by atoms with van der Waals surface area (Å²) in [5.41, 5.74) is 3.17. The van der Waals surface area contributed by atoms with Gasteiger partial charge in [0, 0.05) is 23.3 Å². The van der Waals surface area contributed by atoms with Gasteiger partial charge in [-0.25, -0.2) is 0 Å². The fraction of sp³-hybridized carbons (Fsp3) is 0.647. The Bertz CT molecular complexity index is 433. The summed E-state index contributed by atoms with van der Waals surface area (Å²) in [5, 5.41) is 10.6. The van der Waals surface area contributed by atoms with Gasteiger partial charge in [-0.05, 0) is 10.8 Å². The molecule has 2 nitrogen and oxygen atoms in total. The molecule has 1 rings (SSSR count). The Balaban J connectivity index is 3.68. The van der Waals surface area contributed by atoms with Crippen LogP contribution in [0.1, 0.15) is 52.7 Å². The van der Waals surface area contributed by atoms with Gasteiger partial charge in [-0.15, -0.1) is 0 Å². The topological polar surface area (TPSA) is 20.2 Å². The van der Waals surface area contributed by atoms with Crippen molar-refractivity contribution in [3.05, 3.63) is 23.3 Å². The average molecular weight is 264 g/mol. The molecule has 0 spiro atoms. The van der Waals surface area contributed by atoms with Crippen molar-refractivity contribution in [2.24, 2.45) is 0 Å². The van der Waals surface area contributed by atoms with Gasteiger partial charge in [0.1, 0.15) is 11.4 Å². The lowest BCUT2D eigenvalue weighted by Crippen LogP contribution is -2.35. The first-order chi connectivity index (χ1) is 8.24. The Morgan fingerprint density at radius 1 is 0.789 bits per heavy atom. The highest BCUT2D eigenvalue weighted by Crippen LogP contribution is 2.42. The van der Waals surface area contributed by atoms with Crippen LogP contribution in [0.3, 0.4) is 0 Å². The zero-order valence-corrected chi connectivity index (χ0v) is 14.0. The second-order valence-electron chi connectivity index (χ2n) is 8.40. The van der Waals surface area contributed by atoms with Crippen molar-refractivity contribution >= 4 is 5.69 Å². The summed E-state index contributed by atoms with van der Waals surface area (Å²) in [5.74, 6) is 0.456. The highest BCUT2D eigenvalue weighted by molar-refractivity contribution is 5.58. The van der Waals surface area contributed by atoms with Gasteiger partial charge < -0.3 is 5.11 Å². The number of quaternary nitrogens is 1. The number of phenols is 1. The summed E-state index contributed by atoms with van der Waals surface area (Å²) in [6.45, 7) is 12.9. The van der Waals surface area contributed by atoms with Gasteiger partial charge in [0.2, 0.25) is 0 Å². The first kappa shape index (κ1) is 16.0. The monoisotopic (exact) mass is 264 g/mol. The van der Waals surface area contributed by atoms with Gasteiger partial charge in [0.05, 0.1) is 21.1 Å². The number of nitrogens with zero attached hydrogens (tertiary/aromatic N) is 1. The molecule has 0 saturated heterocycles. The number of rotatable bonds is 1. The molecule has 1 aromatic rings. The zero-order chi connectivity index (χ0) is 15.2.